The molecule has 0 spiro atoms. The van der Waals surface area contributed by atoms with Crippen LogP contribution in [-0.4, -0.2) is 55.0 Å². The number of hydrogen-bond acceptors (Lipinski definition) is 7. The van der Waals surface area contributed by atoms with E-state index in [-0.39, 0.29) is 0 Å². The first-order chi connectivity index (χ1) is 12.7. The molecule has 0 unspecified atom stereocenters. The van der Waals surface area contributed by atoms with Gasteiger partial charge in [0, 0.05) is 6.20 Å². The fourth-order valence-corrected chi connectivity index (χ4v) is 3.05. The summed E-state index contributed by atoms with van der Waals surface area (Å²) in [7, 11) is 0. The summed E-state index contributed by atoms with van der Waals surface area (Å²) in [5.74, 6) is 0.608. The summed E-state index contributed by atoms with van der Waals surface area (Å²) in [6, 6.07) is 11.5. The van der Waals surface area contributed by atoms with Gasteiger partial charge in [0.05, 0.1) is 18.2 Å². The van der Waals surface area contributed by atoms with Gasteiger partial charge in [0.15, 0.2) is 11.9 Å². The van der Waals surface area contributed by atoms with Crippen molar-refractivity contribution in [2.24, 2.45) is 0 Å². The summed E-state index contributed by atoms with van der Waals surface area (Å²) in [6.45, 7) is 0.00573. The predicted octanol–water partition coefficient (Wildman–Crippen LogP) is 0.622. The molecule has 0 saturated carbocycles. The van der Waals surface area contributed by atoms with Crippen LogP contribution in [0.5, 0.6) is 5.75 Å². The van der Waals surface area contributed by atoms with Gasteiger partial charge in [0.1, 0.15) is 30.7 Å². The van der Waals surface area contributed by atoms with Gasteiger partial charge in [0.25, 0.3) is 0 Å². The van der Waals surface area contributed by atoms with E-state index >= 15 is 0 Å². The summed E-state index contributed by atoms with van der Waals surface area (Å²) in [4.78, 5) is 4.30. The van der Waals surface area contributed by atoms with E-state index in [1.807, 2.05) is 30.3 Å². The summed E-state index contributed by atoms with van der Waals surface area (Å²) in [5, 5.41) is 34.3. The summed E-state index contributed by atoms with van der Waals surface area (Å²) < 4.78 is 12.8. The maximum Gasteiger partial charge on any atom is 0.181 e. The highest BCUT2D eigenvalue weighted by Crippen LogP contribution is 2.33. The van der Waals surface area contributed by atoms with Gasteiger partial charge in [-0.05, 0) is 11.6 Å². The molecule has 0 aliphatic carbocycles. The molecule has 3 N–H and O–H groups in total. The molecule has 8 nitrogen and oxygen atoms in total. The normalized spacial score (nSPS) is 25.7. The molecule has 1 aliphatic heterocycles. The molecular weight excluding hydrogens is 338 g/mol. The largest absolute Gasteiger partial charge is 0.488 e. The molecule has 1 saturated heterocycles. The number of pyridine rings is 1. The van der Waals surface area contributed by atoms with Crippen molar-refractivity contribution in [3.8, 4) is 5.75 Å². The molecule has 136 valence electrons. The lowest BCUT2D eigenvalue weighted by molar-refractivity contribution is -0.0566. The number of hydrogen-bond donors (Lipinski definition) is 3. The van der Waals surface area contributed by atoms with Crippen molar-refractivity contribution in [2.75, 3.05) is 6.61 Å². The molecule has 26 heavy (non-hydrogen) atoms. The molecular formula is C18H19N3O5. The molecule has 1 fully saturated rings. The molecule has 1 aliphatic rings. The molecule has 4 atom stereocenters. The van der Waals surface area contributed by atoms with E-state index in [0.717, 1.165) is 5.56 Å². The van der Waals surface area contributed by atoms with Crippen molar-refractivity contribution in [2.45, 2.75) is 31.1 Å². The van der Waals surface area contributed by atoms with Crippen LogP contribution in [0.3, 0.4) is 0 Å². The SMILES string of the molecule is OC[C@H]1O[C@@H](n2ncc3c(OCc4ccccc4)ccnc32)[C@H](O)[C@@H]1O. The van der Waals surface area contributed by atoms with Crippen LogP contribution < -0.4 is 4.74 Å². The Bertz CT molecular complexity index is 885. The number of aliphatic hydroxyl groups excluding tert-OH is 3. The van der Waals surface area contributed by atoms with Crippen molar-refractivity contribution < 1.29 is 24.8 Å². The van der Waals surface area contributed by atoms with E-state index < -0.39 is 31.1 Å². The first-order valence-corrected chi connectivity index (χ1v) is 8.30. The predicted molar refractivity (Wildman–Crippen MR) is 91.3 cm³/mol. The van der Waals surface area contributed by atoms with Crippen molar-refractivity contribution in [3.05, 3.63) is 54.4 Å². The van der Waals surface area contributed by atoms with E-state index in [2.05, 4.69) is 10.1 Å². The topological polar surface area (TPSA) is 110 Å². The lowest BCUT2D eigenvalue weighted by Gasteiger charge is -2.15. The van der Waals surface area contributed by atoms with E-state index in [4.69, 9.17) is 9.47 Å². The van der Waals surface area contributed by atoms with Crippen LogP contribution in [0.4, 0.5) is 0 Å². The van der Waals surface area contributed by atoms with E-state index in [1.54, 1.807) is 18.5 Å². The van der Waals surface area contributed by atoms with Gasteiger partial charge in [-0.2, -0.15) is 5.10 Å². The second-order valence-electron chi connectivity index (χ2n) is 6.14. The molecule has 2 aromatic heterocycles. The van der Waals surface area contributed by atoms with Crippen LogP contribution in [0.25, 0.3) is 11.0 Å². The minimum absolute atomic E-state index is 0.396. The van der Waals surface area contributed by atoms with Crippen LogP contribution in [-0.2, 0) is 11.3 Å². The maximum absolute atomic E-state index is 10.2. The Morgan fingerprint density at radius 2 is 1.92 bits per heavy atom. The van der Waals surface area contributed by atoms with E-state index in [9.17, 15) is 15.3 Å². The van der Waals surface area contributed by atoms with Crippen LogP contribution in [0, 0.1) is 0 Å². The summed E-state index contributed by atoms with van der Waals surface area (Å²) in [5.41, 5.74) is 1.50. The van der Waals surface area contributed by atoms with E-state index in [0.29, 0.717) is 23.4 Å². The molecule has 3 aromatic rings. The molecule has 0 radical (unpaired) electrons. The first-order valence-electron chi connectivity index (χ1n) is 8.30. The number of benzene rings is 1. The minimum Gasteiger partial charge on any atom is -0.488 e. The van der Waals surface area contributed by atoms with Crippen molar-refractivity contribution in [1.29, 1.82) is 0 Å². The number of ether oxygens (including phenoxy) is 2. The lowest BCUT2D eigenvalue weighted by atomic mass is 10.1. The van der Waals surface area contributed by atoms with Crippen LogP contribution in [0.15, 0.2) is 48.8 Å². The fourth-order valence-electron chi connectivity index (χ4n) is 3.05. The fraction of sp³-hybridized carbons (Fsp3) is 0.333. The Morgan fingerprint density at radius 3 is 2.65 bits per heavy atom. The second kappa shape index (κ2) is 7.00. The zero-order chi connectivity index (χ0) is 18.1. The second-order valence-corrected chi connectivity index (χ2v) is 6.14. The smallest absolute Gasteiger partial charge is 0.181 e. The zero-order valence-electron chi connectivity index (χ0n) is 13.8. The highest BCUT2D eigenvalue weighted by molar-refractivity contribution is 5.81. The van der Waals surface area contributed by atoms with Crippen molar-refractivity contribution in [1.82, 2.24) is 14.8 Å². The third-order valence-electron chi connectivity index (χ3n) is 4.45. The number of nitrogens with zero attached hydrogens (tertiary/aromatic N) is 3. The summed E-state index contributed by atoms with van der Waals surface area (Å²) >= 11 is 0. The Labute approximate surface area is 149 Å². The van der Waals surface area contributed by atoms with Gasteiger partial charge in [-0.25, -0.2) is 9.67 Å². The third kappa shape index (κ3) is 2.93. The highest BCUT2D eigenvalue weighted by atomic mass is 16.6. The van der Waals surface area contributed by atoms with Crippen LogP contribution in [0.2, 0.25) is 0 Å². The Hall–Kier alpha value is -2.52. The maximum atomic E-state index is 10.2. The summed E-state index contributed by atoms with van der Waals surface area (Å²) in [6.07, 6.45) is -1.05. The van der Waals surface area contributed by atoms with Crippen LogP contribution in [0.1, 0.15) is 11.8 Å². The van der Waals surface area contributed by atoms with Crippen molar-refractivity contribution >= 4 is 11.0 Å². The number of rotatable bonds is 5. The van der Waals surface area contributed by atoms with Crippen molar-refractivity contribution in [3.63, 3.8) is 0 Å². The standard InChI is InChI=1S/C18H19N3O5/c22-9-14-15(23)16(24)18(26-14)21-17-12(8-20-21)13(6-7-19-17)25-10-11-4-2-1-3-5-11/h1-8,14-16,18,22-24H,9-10H2/t14-,15-,16-,18-/m1/s1. The van der Waals surface area contributed by atoms with E-state index in [1.165, 1.54) is 4.68 Å². The Balaban J connectivity index is 1.61. The quantitative estimate of drug-likeness (QED) is 0.614. The van der Waals surface area contributed by atoms with Crippen LogP contribution >= 0.6 is 0 Å². The number of aliphatic hydroxyl groups is 3. The highest BCUT2D eigenvalue weighted by Gasteiger charge is 2.44. The molecule has 3 heterocycles. The number of aromatic nitrogens is 3. The van der Waals surface area contributed by atoms with Gasteiger partial charge < -0.3 is 24.8 Å². The molecule has 1 aromatic carbocycles. The Morgan fingerprint density at radius 1 is 1.12 bits per heavy atom. The Kier molecular flexibility index (Phi) is 4.56. The molecule has 8 heteroatoms. The van der Waals surface area contributed by atoms with Gasteiger partial charge in [-0.15, -0.1) is 0 Å². The van der Waals surface area contributed by atoms with Gasteiger partial charge in [-0.1, -0.05) is 30.3 Å². The third-order valence-corrected chi connectivity index (χ3v) is 4.45. The monoisotopic (exact) mass is 357 g/mol. The van der Waals surface area contributed by atoms with Gasteiger partial charge in [-0.3, -0.25) is 0 Å². The van der Waals surface area contributed by atoms with Gasteiger partial charge in [0.2, 0.25) is 0 Å². The minimum atomic E-state index is -1.22. The molecule has 0 bridgehead atoms. The number of fused-ring (bicyclic) bond motifs is 1. The average molecular weight is 357 g/mol. The first kappa shape index (κ1) is 16.9. The zero-order valence-corrected chi connectivity index (χ0v) is 13.8. The van der Waals surface area contributed by atoms with Gasteiger partial charge >= 0.3 is 0 Å². The lowest BCUT2D eigenvalue weighted by Crippen LogP contribution is -2.33. The molecule has 0 amide bonds. The molecule has 4 rings (SSSR count). The average Bonchev–Trinajstić information content (AvgIpc) is 3.23.